The highest BCUT2D eigenvalue weighted by molar-refractivity contribution is 7.71. The highest BCUT2D eigenvalue weighted by atomic mass is 35.5. The lowest BCUT2D eigenvalue weighted by Gasteiger charge is -2.06. The molecule has 0 unspecified atom stereocenters. The fourth-order valence-corrected chi connectivity index (χ4v) is 2.89. The van der Waals surface area contributed by atoms with Crippen LogP contribution in [0.3, 0.4) is 0 Å². The van der Waals surface area contributed by atoms with E-state index in [4.69, 9.17) is 23.8 Å². The maximum atomic E-state index is 13.6. The first-order chi connectivity index (χ1) is 9.66. The molecule has 2 nitrogen and oxygen atoms in total. The number of fused-ring (bicyclic) bond motifs is 1. The van der Waals surface area contributed by atoms with Gasteiger partial charge in [0, 0.05) is 6.54 Å². The van der Waals surface area contributed by atoms with Crippen molar-refractivity contribution in [2.24, 2.45) is 0 Å². The van der Waals surface area contributed by atoms with E-state index in [-0.39, 0.29) is 5.82 Å². The molecule has 1 N–H and O–H groups in total. The van der Waals surface area contributed by atoms with Gasteiger partial charge >= 0.3 is 0 Å². The molecule has 2 aromatic carbocycles. The Bertz CT molecular complexity index is 822. The predicted molar refractivity (Wildman–Crippen MR) is 82.2 cm³/mol. The normalized spacial score (nSPS) is 11.1. The standard InChI is InChI=1S/C15H12ClFN2S/c16-11-5-3-7-13-14(11)19(15(20)18-13)9-8-10-4-1-2-6-12(10)17/h1-7H,8-9H2,(H,18,20). The van der Waals surface area contributed by atoms with E-state index >= 15 is 0 Å². The summed E-state index contributed by atoms with van der Waals surface area (Å²) in [7, 11) is 0. The van der Waals surface area contributed by atoms with E-state index in [1.54, 1.807) is 12.1 Å². The molecule has 20 heavy (non-hydrogen) atoms. The van der Waals surface area contributed by atoms with Gasteiger partial charge in [0.05, 0.1) is 16.1 Å². The molecular weight excluding hydrogens is 295 g/mol. The van der Waals surface area contributed by atoms with Crippen LogP contribution in [0.4, 0.5) is 4.39 Å². The smallest absolute Gasteiger partial charge is 0.178 e. The summed E-state index contributed by atoms with van der Waals surface area (Å²) in [4.78, 5) is 3.12. The van der Waals surface area contributed by atoms with E-state index < -0.39 is 0 Å². The number of H-pyrrole nitrogens is 1. The minimum atomic E-state index is -0.190. The van der Waals surface area contributed by atoms with Crippen LogP contribution in [0, 0.1) is 10.6 Å². The lowest BCUT2D eigenvalue weighted by Crippen LogP contribution is -2.03. The minimum Gasteiger partial charge on any atom is -0.331 e. The van der Waals surface area contributed by atoms with Crippen LogP contribution in [-0.4, -0.2) is 9.55 Å². The van der Waals surface area contributed by atoms with Crippen LogP contribution in [0.2, 0.25) is 5.02 Å². The number of halogens is 2. The van der Waals surface area contributed by atoms with Crippen LogP contribution in [0.1, 0.15) is 5.56 Å². The molecule has 0 spiro atoms. The summed E-state index contributed by atoms with van der Waals surface area (Å²) < 4.78 is 16.2. The Morgan fingerprint density at radius 1 is 1.15 bits per heavy atom. The number of rotatable bonds is 3. The predicted octanol–water partition coefficient (Wildman–Crippen LogP) is 4.73. The van der Waals surface area contributed by atoms with Crippen molar-refractivity contribution >= 4 is 34.9 Å². The Morgan fingerprint density at radius 3 is 2.75 bits per heavy atom. The average molecular weight is 307 g/mol. The Hall–Kier alpha value is -1.65. The first kappa shape index (κ1) is 13.3. The summed E-state index contributed by atoms with van der Waals surface area (Å²) in [6.45, 7) is 0.587. The number of aromatic amines is 1. The van der Waals surface area contributed by atoms with Gasteiger partial charge in [0.15, 0.2) is 4.77 Å². The van der Waals surface area contributed by atoms with Crippen molar-refractivity contribution < 1.29 is 4.39 Å². The summed E-state index contributed by atoms with van der Waals surface area (Å²) in [6, 6.07) is 12.4. The summed E-state index contributed by atoms with van der Waals surface area (Å²) in [5.41, 5.74) is 2.45. The third-order valence-corrected chi connectivity index (χ3v) is 3.93. The van der Waals surface area contributed by atoms with E-state index in [1.807, 2.05) is 28.8 Å². The largest absolute Gasteiger partial charge is 0.331 e. The van der Waals surface area contributed by atoms with Gasteiger partial charge in [-0.1, -0.05) is 35.9 Å². The van der Waals surface area contributed by atoms with Crippen LogP contribution in [0.25, 0.3) is 11.0 Å². The molecule has 0 radical (unpaired) electrons. The molecule has 0 saturated carbocycles. The molecule has 0 atom stereocenters. The fraction of sp³-hybridized carbons (Fsp3) is 0.133. The zero-order chi connectivity index (χ0) is 14.1. The molecule has 1 aromatic heterocycles. The minimum absolute atomic E-state index is 0.190. The molecule has 0 bridgehead atoms. The Morgan fingerprint density at radius 2 is 1.95 bits per heavy atom. The molecule has 0 aliphatic heterocycles. The zero-order valence-corrected chi connectivity index (χ0v) is 12.1. The molecule has 0 fully saturated rings. The lowest BCUT2D eigenvalue weighted by molar-refractivity contribution is 0.595. The number of benzene rings is 2. The van der Waals surface area contributed by atoms with Crippen molar-refractivity contribution in [1.29, 1.82) is 0 Å². The summed E-state index contributed by atoms with van der Waals surface area (Å²) >= 11 is 11.5. The van der Waals surface area contributed by atoms with Crippen molar-refractivity contribution in [3.05, 3.63) is 63.6 Å². The maximum absolute atomic E-state index is 13.6. The zero-order valence-electron chi connectivity index (χ0n) is 10.6. The summed E-state index contributed by atoms with van der Waals surface area (Å²) in [5.74, 6) is -0.190. The molecule has 0 saturated heterocycles. The van der Waals surface area contributed by atoms with Gasteiger partial charge in [0.25, 0.3) is 0 Å². The van der Waals surface area contributed by atoms with Gasteiger partial charge in [0.1, 0.15) is 5.82 Å². The van der Waals surface area contributed by atoms with Gasteiger partial charge in [-0.15, -0.1) is 0 Å². The molecule has 0 aliphatic rings. The van der Waals surface area contributed by atoms with Crippen molar-refractivity contribution in [3.63, 3.8) is 0 Å². The van der Waals surface area contributed by atoms with E-state index in [1.165, 1.54) is 6.07 Å². The molecular formula is C15H12ClFN2S. The number of hydrogen-bond acceptors (Lipinski definition) is 1. The Kier molecular flexibility index (Phi) is 3.59. The third kappa shape index (κ3) is 2.37. The number of para-hydroxylation sites is 1. The van der Waals surface area contributed by atoms with Gasteiger partial charge in [-0.2, -0.15) is 0 Å². The molecule has 3 rings (SSSR count). The fourth-order valence-electron chi connectivity index (χ4n) is 2.32. The topological polar surface area (TPSA) is 20.7 Å². The number of nitrogens with zero attached hydrogens (tertiary/aromatic N) is 1. The number of aryl methyl sites for hydroxylation is 2. The summed E-state index contributed by atoms with van der Waals surface area (Å²) in [5, 5.41) is 0.642. The number of aromatic nitrogens is 2. The maximum Gasteiger partial charge on any atom is 0.178 e. The first-order valence-corrected chi connectivity index (χ1v) is 7.06. The van der Waals surface area contributed by atoms with Gasteiger partial charge in [-0.3, -0.25) is 0 Å². The lowest BCUT2D eigenvalue weighted by atomic mass is 10.1. The molecule has 0 amide bonds. The van der Waals surface area contributed by atoms with Crippen LogP contribution in [-0.2, 0) is 13.0 Å². The quantitative estimate of drug-likeness (QED) is 0.694. The van der Waals surface area contributed by atoms with E-state index in [0.29, 0.717) is 28.3 Å². The SMILES string of the molecule is Fc1ccccc1CCn1c(=S)[nH]c2cccc(Cl)c21. The number of hydrogen-bond donors (Lipinski definition) is 1. The molecule has 1 heterocycles. The van der Waals surface area contributed by atoms with Gasteiger partial charge < -0.3 is 9.55 Å². The third-order valence-electron chi connectivity index (χ3n) is 3.31. The highest BCUT2D eigenvalue weighted by Gasteiger charge is 2.09. The Balaban J connectivity index is 1.98. The van der Waals surface area contributed by atoms with Crippen LogP contribution in [0.15, 0.2) is 42.5 Å². The molecule has 5 heteroatoms. The number of nitrogens with one attached hydrogen (secondary N) is 1. The second-order valence-electron chi connectivity index (χ2n) is 4.56. The van der Waals surface area contributed by atoms with Crippen LogP contribution < -0.4 is 0 Å². The Labute approximate surface area is 125 Å². The van der Waals surface area contributed by atoms with Crippen molar-refractivity contribution in [2.75, 3.05) is 0 Å². The van der Waals surface area contributed by atoms with Gasteiger partial charge in [-0.25, -0.2) is 4.39 Å². The van der Waals surface area contributed by atoms with E-state index in [2.05, 4.69) is 4.98 Å². The van der Waals surface area contributed by atoms with Crippen molar-refractivity contribution in [1.82, 2.24) is 9.55 Å². The second kappa shape index (κ2) is 5.38. The molecule has 3 aromatic rings. The van der Waals surface area contributed by atoms with Gasteiger partial charge in [0.2, 0.25) is 0 Å². The number of imidazole rings is 1. The van der Waals surface area contributed by atoms with E-state index in [9.17, 15) is 4.39 Å². The van der Waals surface area contributed by atoms with Crippen LogP contribution >= 0.6 is 23.8 Å². The average Bonchev–Trinajstić information content (AvgIpc) is 2.75. The van der Waals surface area contributed by atoms with E-state index in [0.717, 1.165) is 11.0 Å². The summed E-state index contributed by atoms with van der Waals surface area (Å²) in [6.07, 6.45) is 0.569. The van der Waals surface area contributed by atoms with Crippen molar-refractivity contribution in [2.45, 2.75) is 13.0 Å². The monoisotopic (exact) mass is 306 g/mol. The molecule has 0 aliphatic carbocycles. The van der Waals surface area contributed by atoms with Crippen molar-refractivity contribution in [3.8, 4) is 0 Å². The van der Waals surface area contributed by atoms with Crippen LogP contribution in [0.5, 0.6) is 0 Å². The highest BCUT2D eigenvalue weighted by Crippen LogP contribution is 2.23. The molecule has 102 valence electrons. The second-order valence-corrected chi connectivity index (χ2v) is 5.35. The first-order valence-electron chi connectivity index (χ1n) is 6.27. The van der Waals surface area contributed by atoms with Gasteiger partial charge in [-0.05, 0) is 42.4 Å².